The zero-order valence-electron chi connectivity index (χ0n) is 8.07. The van der Waals surface area contributed by atoms with Crippen LogP contribution in [0, 0.1) is 0 Å². The summed E-state index contributed by atoms with van der Waals surface area (Å²) in [7, 11) is 0. The molecular weight excluding hydrogens is 208 g/mol. The topological polar surface area (TPSA) is 38.0 Å². The smallest absolute Gasteiger partial charge is 0.0640 e. The van der Waals surface area contributed by atoms with Crippen molar-refractivity contribution < 1.29 is 0 Å². The maximum Gasteiger partial charge on any atom is 0.0640 e. The molecule has 0 unspecified atom stereocenters. The van der Waals surface area contributed by atoms with Crippen molar-refractivity contribution in [3.63, 3.8) is 0 Å². The molecule has 0 spiro atoms. The lowest BCUT2D eigenvalue weighted by Gasteiger charge is -2.09. The summed E-state index contributed by atoms with van der Waals surface area (Å²) >= 11 is 6.02. The van der Waals surface area contributed by atoms with Crippen molar-refractivity contribution in [1.82, 2.24) is 0 Å². The van der Waals surface area contributed by atoms with E-state index < -0.39 is 0 Å². The third kappa shape index (κ3) is 2.22. The first-order chi connectivity index (χ1) is 7.27. The van der Waals surface area contributed by atoms with E-state index in [1.165, 1.54) is 0 Å². The molecule has 2 nitrogen and oxygen atoms in total. The van der Waals surface area contributed by atoms with Gasteiger partial charge in [-0.2, -0.15) is 0 Å². The van der Waals surface area contributed by atoms with Gasteiger partial charge in [-0.05, 0) is 24.3 Å². The predicted molar refractivity (Wildman–Crippen MR) is 65.6 cm³/mol. The highest BCUT2D eigenvalue weighted by Gasteiger charge is 2.01. The van der Waals surface area contributed by atoms with E-state index in [0.717, 1.165) is 11.4 Å². The molecule has 3 N–H and O–H groups in total. The average Bonchev–Trinajstić information content (AvgIpc) is 2.24. The van der Waals surface area contributed by atoms with Crippen LogP contribution in [0.2, 0.25) is 5.02 Å². The molecule has 2 aromatic rings. The van der Waals surface area contributed by atoms with Crippen molar-refractivity contribution >= 4 is 28.7 Å². The number of hydrogen-bond acceptors (Lipinski definition) is 2. The summed E-state index contributed by atoms with van der Waals surface area (Å²) in [4.78, 5) is 0. The van der Waals surface area contributed by atoms with Gasteiger partial charge in [0.1, 0.15) is 0 Å². The summed E-state index contributed by atoms with van der Waals surface area (Å²) < 4.78 is 0. The van der Waals surface area contributed by atoms with Gasteiger partial charge < -0.3 is 11.1 Å². The molecule has 0 aromatic heterocycles. The first-order valence-corrected chi connectivity index (χ1v) is 5.01. The molecule has 0 aliphatic heterocycles. The molecule has 0 radical (unpaired) electrons. The average molecular weight is 219 g/mol. The third-order valence-electron chi connectivity index (χ3n) is 2.10. The lowest BCUT2D eigenvalue weighted by Crippen LogP contribution is -1.95. The van der Waals surface area contributed by atoms with Gasteiger partial charge in [0.15, 0.2) is 0 Å². The lowest BCUT2D eigenvalue weighted by molar-refractivity contribution is 1.55. The van der Waals surface area contributed by atoms with Crippen LogP contribution in [0.5, 0.6) is 0 Å². The standard InChI is InChI=1S/C12H11ClN2/c13-9-5-1-3-7-11(9)15-12-8-4-2-6-10(12)14/h1-8,15H,14H2. The fraction of sp³-hybridized carbons (Fsp3) is 0. The molecule has 0 fully saturated rings. The minimum Gasteiger partial charge on any atom is -0.397 e. The Morgan fingerprint density at radius 2 is 1.47 bits per heavy atom. The zero-order valence-corrected chi connectivity index (χ0v) is 8.83. The Morgan fingerprint density at radius 3 is 2.13 bits per heavy atom. The quantitative estimate of drug-likeness (QED) is 0.755. The van der Waals surface area contributed by atoms with Crippen molar-refractivity contribution in [2.24, 2.45) is 0 Å². The maximum absolute atomic E-state index is 6.02. The number of benzene rings is 2. The van der Waals surface area contributed by atoms with E-state index in [4.69, 9.17) is 17.3 Å². The van der Waals surface area contributed by atoms with Crippen LogP contribution < -0.4 is 11.1 Å². The van der Waals surface area contributed by atoms with E-state index in [-0.39, 0.29) is 0 Å². The van der Waals surface area contributed by atoms with Gasteiger partial charge in [-0.3, -0.25) is 0 Å². The molecule has 0 amide bonds. The number of anilines is 3. The SMILES string of the molecule is Nc1ccccc1Nc1ccccc1Cl. The van der Waals surface area contributed by atoms with Crippen LogP contribution in [0.1, 0.15) is 0 Å². The molecule has 3 heteroatoms. The van der Waals surface area contributed by atoms with Crippen LogP contribution in [-0.2, 0) is 0 Å². The summed E-state index contributed by atoms with van der Waals surface area (Å²) in [5.41, 5.74) is 8.24. The Balaban J connectivity index is 2.30. The largest absolute Gasteiger partial charge is 0.397 e. The van der Waals surface area contributed by atoms with E-state index in [0.29, 0.717) is 10.7 Å². The van der Waals surface area contributed by atoms with Gasteiger partial charge >= 0.3 is 0 Å². The van der Waals surface area contributed by atoms with Crippen molar-refractivity contribution in [3.05, 3.63) is 53.6 Å². The predicted octanol–water partition coefficient (Wildman–Crippen LogP) is 3.67. The van der Waals surface area contributed by atoms with E-state index in [2.05, 4.69) is 5.32 Å². The van der Waals surface area contributed by atoms with E-state index >= 15 is 0 Å². The first-order valence-electron chi connectivity index (χ1n) is 4.63. The summed E-state index contributed by atoms with van der Waals surface area (Å²) in [6.45, 7) is 0. The Morgan fingerprint density at radius 1 is 0.867 bits per heavy atom. The fourth-order valence-corrected chi connectivity index (χ4v) is 1.50. The van der Waals surface area contributed by atoms with Crippen LogP contribution in [0.3, 0.4) is 0 Å². The Hall–Kier alpha value is -1.67. The van der Waals surface area contributed by atoms with Crippen molar-refractivity contribution in [1.29, 1.82) is 0 Å². The van der Waals surface area contributed by atoms with Gasteiger partial charge in [-0.15, -0.1) is 0 Å². The molecule has 0 atom stereocenters. The van der Waals surface area contributed by atoms with Gasteiger partial charge in [-0.1, -0.05) is 35.9 Å². The summed E-state index contributed by atoms with van der Waals surface area (Å²) in [6, 6.07) is 15.1. The van der Waals surface area contributed by atoms with Crippen LogP contribution in [-0.4, -0.2) is 0 Å². The van der Waals surface area contributed by atoms with Gasteiger partial charge in [0.25, 0.3) is 0 Å². The lowest BCUT2D eigenvalue weighted by atomic mass is 10.2. The number of nitrogens with one attached hydrogen (secondary N) is 1. The molecule has 0 aliphatic carbocycles. The van der Waals surface area contributed by atoms with Crippen LogP contribution in [0.25, 0.3) is 0 Å². The van der Waals surface area contributed by atoms with E-state index in [9.17, 15) is 0 Å². The van der Waals surface area contributed by atoms with E-state index in [1.54, 1.807) is 0 Å². The van der Waals surface area contributed by atoms with Gasteiger partial charge in [-0.25, -0.2) is 0 Å². The molecule has 0 heterocycles. The van der Waals surface area contributed by atoms with Crippen LogP contribution >= 0.6 is 11.6 Å². The highest BCUT2D eigenvalue weighted by molar-refractivity contribution is 6.33. The monoisotopic (exact) mass is 218 g/mol. The Bertz CT molecular complexity index is 425. The number of para-hydroxylation sites is 3. The fourth-order valence-electron chi connectivity index (χ4n) is 1.32. The van der Waals surface area contributed by atoms with Gasteiger partial charge in [0, 0.05) is 0 Å². The van der Waals surface area contributed by atoms with E-state index in [1.807, 2.05) is 48.5 Å². The second-order valence-corrected chi connectivity index (χ2v) is 3.60. The normalized spacial score (nSPS) is 9.93. The molecule has 15 heavy (non-hydrogen) atoms. The molecule has 0 saturated carbocycles. The number of rotatable bonds is 2. The second kappa shape index (κ2) is 4.24. The molecule has 0 aliphatic rings. The van der Waals surface area contributed by atoms with Crippen molar-refractivity contribution in [2.75, 3.05) is 11.1 Å². The highest BCUT2D eigenvalue weighted by Crippen LogP contribution is 2.27. The summed E-state index contributed by atoms with van der Waals surface area (Å²) in [5, 5.41) is 3.86. The Kier molecular flexibility index (Phi) is 2.79. The number of nitrogens with two attached hydrogens (primary N) is 1. The minimum absolute atomic E-state index is 0.681. The Labute approximate surface area is 93.7 Å². The molecule has 0 bridgehead atoms. The summed E-state index contributed by atoms with van der Waals surface area (Å²) in [6.07, 6.45) is 0. The number of hydrogen-bond donors (Lipinski definition) is 2. The minimum atomic E-state index is 0.681. The number of halogens is 1. The summed E-state index contributed by atoms with van der Waals surface area (Å²) in [5.74, 6) is 0. The zero-order chi connectivity index (χ0) is 10.7. The van der Waals surface area contributed by atoms with Crippen LogP contribution in [0.15, 0.2) is 48.5 Å². The highest BCUT2D eigenvalue weighted by atomic mass is 35.5. The molecule has 76 valence electrons. The van der Waals surface area contributed by atoms with Crippen molar-refractivity contribution in [2.45, 2.75) is 0 Å². The molecule has 2 aromatic carbocycles. The number of nitrogen functional groups attached to an aromatic ring is 1. The first kappa shape index (κ1) is 9.87. The second-order valence-electron chi connectivity index (χ2n) is 3.19. The maximum atomic E-state index is 6.02. The van der Waals surface area contributed by atoms with Gasteiger partial charge in [0.05, 0.1) is 22.1 Å². The molecule has 0 saturated heterocycles. The van der Waals surface area contributed by atoms with Crippen LogP contribution in [0.4, 0.5) is 17.1 Å². The third-order valence-corrected chi connectivity index (χ3v) is 2.43. The molecule has 2 rings (SSSR count). The van der Waals surface area contributed by atoms with Gasteiger partial charge in [0.2, 0.25) is 0 Å². The molecular formula is C12H11ClN2. The van der Waals surface area contributed by atoms with Crippen molar-refractivity contribution in [3.8, 4) is 0 Å².